The molecule has 0 radical (unpaired) electrons. The van der Waals surface area contributed by atoms with E-state index < -0.39 is 0 Å². The monoisotopic (exact) mass is 325 g/mol. The van der Waals surface area contributed by atoms with E-state index in [2.05, 4.69) is 15.5 Å². The first-order valence-corrected chi connectivity index (χ1v) is 7.65. The third-order valence-corrected chi connectivity index (χ3v) is 3.49. The van der Waals surface area contributed by atoms with Crippen molar-refractivity contribution in [3.63, 3.8) is 0 Å². The van der Waals surface area contributed by atoms with Gasteiger partial charge in [-0.3, -0.25) is 4.79 Å². The van der Waals surface area contributed by atoms with E-state index in [9.17, 15) is 9.18 Å². The van der Waals surface area contributed by atoms with E-state index in [1.165, 1.54) is 12.1 Å². The van der Waals surface area contributed by atoms with E-state index >= 15 is 0 Å². The zero-order valence-electron chi connectivity index (χ0n) is 12.0. The number of hydrogen-bond acceptors (Lipinski definition) is 6. The molecule has 0 aliphatic heterocycles. The van der Waals surface area contributed by atoms with Gasteiger partial charge in [0.15, 0.2) is 0 Å². The largest absolute Gasteiger partial charge is 0.411 e. The van der Waals surface area contributed by atoms with Crippen LogP contribution in [-0.4, -0.2) is 42.1 Å². The predicted molar refractivity (Wildman–Crippen MR) is 79.9 cm³/mol. The van der Waals surface area contributed by atoms with Crippen molar-refractivity contribution in [2.24, 2.45) is 0 Å². The zero-order valence-corrected chi connectivity index (χ0v) is 12.9. The number of carbonyl (C=O) groups is 1. The molecular formula is C14H16FN3O3S. The molecule has 1 aromatic heterocycles. The van der Waals surface area contributed by atoms with Crippen LogP contribution in [-0.2, 0) is 9.53 Å². The van der Waals surface area contributed by atoms with Crippen molar-refractivity contribution in [1.29, 1.82) is 0 Å². The van der Waals surface area contributed by atoms with Crippen molar-refractivity contribution >= 4 is 17.7 Å². The van der Waals surface area contributed by atoms with Gasteiger partial charge in [0.2, 0.25) is 11.8 Å². The van der Waals surface area contributed by atoms with E-state index in [1.54, 1.807) is 19.2 Å². The van der Waals surface area contributed by atoms with Gasteiger partial charge in [-0.1, -0.05) is 11.8 Å². The van der Waals surface area contributed by atoms with E-state index in [4.69, 9.17) is 9.15 Å². The Balaban J connectivity index is 1.79. The summed E-state index contributed by atoms with van der Waals surface area (Å²) in [5, 5.41) is 10.8. The Morgan fingerprint density at radius 3 is 2.86 bits per heavy atom. The van der Waals surface area contributed by atoms with Crippen LogP contribution >= 0.6 is 11.8 Å². The molecule has 2 rings (SSSR count). The molecular weight excluding hydrogens is 309 g/mol. The molecule has 0 aliphatic carbocycles. The van der Waals surface area contributed by atoms with Gasteiger partial charge in [-0.25, -0.2) is 4.39 Å². The number of nitrogens with zero attached hydrogens (tertiary/aromatic N) is 2. The summed E-state index contributed by atoms with van der Waals surface area (Å²) >= 11 is 1.15. The van der Waals surface area contributed by atoms with Crippen LogP contribution in [0.3, 0.4) is 0 Å². The number of halogens is 1. The third-order valence-electron chi connectivity index (χ3n) is 2.67. The molecule has 2 aromatic rings. The molecule has 22 heavy (non-hydrogen) atoms. The summed E-state index contributed by atoms with van der Waals surface area (Å²) < 4.78 is 23.2. The van der Waals surface area contributed by atoms with Crippen molar-refractivity contribution in [2.75, 3.05) is 26.0 Å². The average molecular weight is 325 g/mol. The van der Waals surface area contributed by atoms with Crippen LogP contribution in [0.5, 0.6) is 0 Å². The summed E-state index contributed by atoms with van der Waals surface area (Å²) in [5.74, 6) is 0.0477. The van der Waals surface area contributed by atoms with E-state index in [0.29, 0.717) is 29.8 Å². The molecule has 1 aromatic carbocycles. The van der Waals surface area contributed by atoms with Gasteiger partial charge in [-0.2, -0.15) is 0 Å². The summed E-state index contributed by atoms with van der Waals surface area (Å²) in [7, 11) is 1.62. The minimum Gasteiger partial charge on any atom is -0.411 e. The van der Waals surface area contributed by atoms with Gasteiger partial charge in [0, 0.05) is 25.8 Å². The van der Waals surface area contributed by atoms with Gasteiger partial charge in [-0.15, -0.1) is 10.2 Å². The quantitative estimate of drug-likeness (QED) is 0.592. The standard InChI is InChI=1S/C14H16FN3O3S/c1-20-8-2-7-16-12(19)9-22-14-18-17-13(21-14)10-3-5-11(15)6-4-10/h3-6H,2,7-9H2,1H3,(H,16,19). The summed E-state index contributed by atoms with van der Waals surface area (Å²) in [6.07, 6.45) is 0.766. The Morgan fingerprint density at radius 1 is 1.36 bits per heavy atom. The maximum atomic E-state index is 12.8. The molecule has 118 valence electrons. The highest BCUT2D eigenvalue weighted by atomic mass is 32.2. The van der Waals surface area contributed by atoms with Crippen LogP contribution in [0.1, 0.15) is 6.42 Å². The van der Waals surface area contributed by atoms with Gasteiger partial charge in [0.1, 0.15) is 5.82 Å². The first-order valence-electron chi connectivity index (χ1n) is 6.67. The Morgan fingerprint density at radius 2 is 2.14 bits per heavy atom. The molecule has 0 aliphatic rings. The highest BCUT2D eigenvalue weighted by Gasteiger charge is 2.11. The van der Waals surface area contributed by atoms with Crippen LogP contribution in [0.25, 0.3) is 11.5 Å². The molecule has 0 atom stereocenters. The number of methoxy groups -OCH3 is 1. The molecule has 0 fully saturated rings. The topological polar surface area (TPSA) is 77.2 Å². The van der Waals surface area contributed by atoms with Crippen molar-refractivity contribution < 1.29 is 18.3 Å². The number of amides is 1. The van der Waals surface area contributed by atoms with E-state index in [1.807, 2.05) is 0 Å². The first-order chi connectivity index (χ1) is 10.7. The fourth-order valence-electron chi connectivity index (χ4n) is 1.60. The van der Waals surface area contributed by atoms with Crippen molar-refractivity contribution in [3.05, 3.63) is 30.1 Å². The van der Waals surface area contributed by atoms with Crippen LogP contribution in [0.2, 0.25) is 0 Å². The minimum absolute atomic E-state index is 0.109. The number of carbonyl (C=O) groups excluding carboxylic acids is 1. The Bertz CT molecular complexity index is 604. The summed E-state index contributed by atoms with van der Waals surface area (Å²) in [6, 6.07) is 5.75. The summed E-state index contributed by atoms with van der Waals surface area (Å²) in [4.78, 5) is 11.6. The normalized spacial score (nSPS) is 10.6. The fraction of sp³-hybridized carbons (Fsp3) is 0.357. The SMILES string of the molecule is COCCCNC(=O)CSc1nnc(-c2ccc(F)cc2)o1. The molecule has 1 amide bonds. The number of thioether (sulfide) groups is 1. The van der Waals surface area contributed by atoms with Gasteiger partial charge in [-0.05, 0) is 30.7 Å². The van der Waals surface area contributed by atoms with Crippen molar-refractivity contribution in [1.82, 2.24) is 15.5 Å². The Labute approximate surface area is 131 Å². The van der Waals surface area contributed by atoms with Crippen LogP contribution in [0.4, 0.5) is 4.39 Å². The Hall–Kier alpha value is -1.93. The Kier molecular flexibility index (Phi) is 6.35. The maximum absolute atomic E-state index is 12.8. The second-order valence-electron chi connectivity index (χ2n) is 4.36. The summed E-state index contributed by atoms with van der Waals surface area (Å²) in [5.41, 5.74) is 0.629. The minimum atomic E-state index is -0.331. The molecule has 6 nitrogen and oxygen atoms in total. The van der Waals surface area contributed by atoms with Gasteiger partial charge in [0.25, 0.3) is 5.22 Å². The maximum Gasteiger partial charge on any atom is 0.277 e. The fourth-order valence-corrected chi connectivity index (χ4v) is 2.19. The van der Waals surface area contributed by atoms with Crippen LogP contribution < -0.4 is 5.32 Å². The molecule has 8 heteroatoms. The lowest BCUT2D eigenvalue weighted by Gasteiger charge is -2.02. The number of benzene rings is 1. The number of aromatic nitrogens is 2. The molecule has 1 N–H and O–H groups in total. The highest BCUT2D eigenvalue weighted by molar-refractivity contribution is 7.99. The number of ether oxygens (including phenoxy) is 1. The van der Waals surface area contributed by atoms with E-state index in [-0.39, 0.29) is 17.5 Å². The van der Waals surface area contributed by atoms with Crippen molar-refractivity contribution in [2.45, 2.75) is 11.6 Å². The number of rotatable bonds is 8. The van der Waals surface area contributed by atoms with Gasteiger partial charge in [0.05, 0.1) is 5.75 Å². The molecule has 0 spiro atoms. The molecule has 0 bridgehead atoms. The first kappa shape index (κ1) is 16.4. The predicted octanol–water partition coefficient (Wildman–Crippen LogP) is 2.12. The third kappa shape index (κ3) is 5.12. The lowest BCUT2D eigenvalue weighted by Crippen LogP contribution is -2.26. The van der Waals surface area contributed by atoms with Gasteiger partial charge >= 0.3 is 0 Å². The number of hydrogen-bond donors (Lipinski definition) is 1. The van der Waals surface area contributed by atoms with Crippen LogP contribution in [0.15, 0.2) is 33.9 Å². The smallest absolute Gasteiger partial charge is 0.277 e. The number of nitrogens with one attached hydrogen (secondary N) is 1. The zero-order chi connectivity index (χ0) is 15.8. The average Bonchev–Trinajstić information content (AvgIpc) is 2.99. The van der Waals surface area contributed by atoms with Crippen LogP contribution in [0, 0.1) is 5.82 Å². The lowest BCUT2D eigenvalue weighted by atomic mass is 10.2. The van der Waals surface area contributed by atoms with Crippen molar-refractivity contribution in [3.8, 4) is 11.5 Å². The van der Waals surface area contributed by atoms with Gasteiger partial charge < -0.3 is 14.5 Å². The second-order valence-corrected chi connectivity index (χ2v) is 5.29. The second kappa shape index (κ2) is 8.50. The highest BCUT2D eigenvalue weighted by Crippen LogP contribution is 2.23. The molecule has 0 unspecified atom stereocenters. The molecule has 0 saturated heterocycles. The summed E-state index contributed by atoms with van der Waals surface area (Å²) in [6.45, 7) is 1.18. The lowest BCUT2D eigenvalue weighted by molar-refractivity contribution is -0.118. The van der Waals surface area contributed by atoms with E-state index in [0.717, 1.165) is 18.2 Å². The molecule has 0 saturated carbocycles. The molecule has 1 heterocycles.